The number of nitrogens with zero attached hydrogens (tertiary/aromatic N) is 2. The predicted molar refractivity (Wildman–Crippen MR) is 71.3 cm³/mol. The molecule has 0 spiro atoms. The first-order chi connectivity index (χ1) is 9.08. The molecule has 0 atom stereocenters. The Morgan fingerprint density at radius 2 is 1.74 bits per heavy atom. The van der Waals surface area contributed by atoms with Crippen molar-refractivity contribution >= 4 is 17.4 Å². The number of carbonyl (C=O) groups is 1. The van der Waals surface area contributed by atoms with E-state index < -0.39 is 11.0 Å². The Morgan fingerprint density at radius 3 is 2.16 bits per heavy atom. The van der Waals surface area contributed by atoms with Gasteiger partial charge in [-0.1, -0.05) is 13.8 Å². The zero-order chi connectivity index (χ0) is 14.3. The van der Waals surface area contributed by atoms with Crippen molar-refractivity contribution in [2.45, 2.75) is 13.8 Å². The largest absolute Gasteiger partial charge is 0.351 e. The van der Waals surface area contributed by atoms with Crippen LogP contribution in [0.5, 0.6) is 0 Å². The lowest BCUT2D eigenvalue weighted by Crippen LogP contribution is -2.53. The van der Waals surface area contributed by atoms with E-state index in [1.54, 1.807) is 0 Å². The Labute approximate surface area is 110 Å². The summed E-state index contributed by atoms with van der Waals surface area (Å²) in [6.45, 7) is 4.90. The van der Waals surface area contributed by atoms with Gasteiger partial charge in [0.05, 0.1) is 4.92 Å². The lowest BCUT2D eigenvalue weighted by atomic mass is 10.3. The highest BCUT2D eigenvalue weighted by Gasteiger charge is 2.12. The molecule has 0 aliphatic rings. The summed E-state index contributed by atoms with van der Waals surface area (Å²) < 4.78 is 0. The van der Waals surface area contributed by atoms with Gasteiger partial charge in [-0.2, -0.15) is 5.12 Å². The summed E-state index contributed by atoms with van der Waals surface area (Å²) in [6.07, 6.45) is 0. The van der Waals surface area contributed by atoms with Gasteiger partial charge in [0.15, 0.2) is 0 Å². The number of urea groups is 1. The molecular weight excluding hydrogens is 250 g/mol. The number of non-ortho nitro benzene ring substituents is 1. The van der Waals surface area contributed by atoms with E-state index in [1.165, 1.54) is 29.4 Å². The Hall–Kier alpha value is -2.19. The molecule has 2 amide bonds. The number of nitro groups is 1. The van der Waals surface area contributed by atoms with E-state index in [2.05, 4.69) is 16.2 Å². The second-order valence-electron chi connectivity index (χ2n) is 3.59. The van der Waals surface area contributed by atoms with E-state index in [4.69, 9.17) is 0 Å². The second-order valence-corrected chi connectivity index (χ2v) is 3.59. The molecule has 8 heteroatoms. The van der Waals surface area contributed by atoms with Gasteiger partial charge in [0.2, 0.25) is 0 Å². The van der Waals surface area contributed by atoms with Crippen LogP contribution in [0.15, 0.2) is 24.3 Å². The molecule has 0 heterocycles. The normalized spacial score (nSPS) is 10.0. The van der Waals surface area contributed by atoms with Crippen LogP contribution in [-0.2, 0) is 0 Å². The van der Waals surface area contributed by atoms with Crippen molar-refractivity contribution in [1.82, 2.24) is 16.0 Å². The van der Waals surface area contributed by atoms with Crippen molar-refractivity contribution in [2.75, 3.05) is 18.4 Å². The standard InChI is InChI=1S/C11H17N5O3/c1-3-12-15(13-4-2)11(17)14-9-5-7-10(8-6-9)16(18)19/h5-8,12-13H,3-4H2,1-2H3,(H,14,17). The molecule has 0 bridgehead atoms. The maximum Gasteiger partial charge on any atom is 0.351 e. The molecule has 0 aliphatic carbocycles. The first-order valence-corrected chi connectivity index (χ1v) is 5.91. The highest BCUT2D eigenvalue weighted by Crippen LogP contribution is 2.15. The van der Waals surface area contributed by atoms with Gasteiger partial charge in [-0.05, 0) is 12.1 Å². The minimum absolute atomic E-state index is 0.0202. The van der Waals surface area contributed by atoms with Crippen LogP contribution in [0.1, 0.15) is 13.8 Å². The fourth-order valence-corrected chi connectivity index (χ4v) is 1.36. The maximum atomic E-state index is 11.9. The number of benzene rings is 1. The van der Waals surface area contributed by atoms with E-state index in [1.807, 2.05) is 13.8 Å². The molecule has 19 heavy (non-hydrogen) atoms. The molecule has 0 saturated carbocycles. The summed E-state index contributed by atoms with van der Waals surface area (Å²) in [7, 11) is 0. The minimum atomic E-state index is -0.491. The molecule has 0 unspecified atom stereocenters. The quantitative estimate of drug-likeness (QED) is 0.535. The van der Waals surface area contributed by atoms with E-state index in [-0.39, 0.29) is 5.69 Å². The number of rotatable bonds is 6. The molecule has 0 radical (unpaired) electrons. The monoisotopic (exact) mass is 267 g/mol. The van der Waals surface area contributed by atoms with Crippen LogP contribution in [0.25, 0.3) is 0 Å². The van der Waals surface area contributed by atoms with Crippen LogP contribution >= 0.6 is 0 Å². The predicted octanol–water partition coefficient (Wildman–Crippen LogP) is 1.48. The van der Waals surface area contributed by atoms with E-state index >= 15 is 0 Å². The topological polar surface area (TPSA) is 99.5 Å². The number of nitrogens with one attached hydrogen (secondary N) is 3. The van der Waals surface area contributed by atoms with E-state index in [9.17, 15) is 14.9 Å². The highest BCUT2D eigenvalue weighted by atomic mass is 16.6. The smallest absolute Gasteiger partial charge is 0.306 e. The third-order valence-electron chi connectivity index (χ3n) is 2.16. The van der Waals surface area contributed by atoms with E-state index in [0.717, 1.165) is 0 Å². The Balaban J connectivity index is 2.66. The summed E-state index contributed by atoms with van der Waals surface area (Å²) in [5, 5.41) is 14.4. The number of anilines is 1. The fourth-order valence-electron chi connectivity index (χ4n) is 1.36. The van der Waals surface area contributed by atoms with Gasteiger partial charge in [-0.15, -0.1) is 0 Å². The number of hydrazine groups is 2. The zero-order valence-electron chi connectivity index (χ0n) is 10.8. The minimum Gasteiger partial charge on any atom is -0.306 e. The molecular formula is C11H17N5O3. The Bertz CT molecular complexity index is 428. The van der Waals surface area contributed by atoms with Crippen LogP contribution in [0.3, 0.4) is 0 Å². The lowest BCUT2D eigenvalue weighted by Gasteiger charge is -2.22. The molecule has 8 nitrogen and oxygen atoms in total. The van der Waals surface area contributed by atoms with Crippen LogP contribution < -0.4 is 16.2 Å². The van der Waals surface area contributed by atoms with Crippen molar-refractivity contribution in [2.24, 2.45) is 0 Å². The Kier molecular flexibility index (Phi) is 5.71. The van der Waals surface area contributed by atoms with Gasteiger partial charge in [0.25, 0.3) is 5.69 Å². The van der Waals surface area contributed by atoms with Crippen LogP contribution in [0, 0.1) is 10.1 Å². The van der Waals surface area contributed by atoms with Crippen molar-refractivity contribution in [3.8, 4) is 0 Å². The number of carbonyl (C=O) groups excluding carboxylic acids is 1. The summed E-state index contributed by atoms with van der Waals surface area (Å²) >= 11 is 0. The highest BCUT2D eigenvalue weighted by molar-refractivity contribution is 5.88. The van der Waals surface area contributed by atoms with Gasteiger partial charge in [-0.25, -0.2) is 15.6 Å². The van der Waals surface area contributed by atoms with Gasteiger partial charge < -0.3 is 5.32 Å². The van der Waals surface area contributed by atoms with E-state index in [0.29, 0.717) is 18.8 Å². The third kappa shape index (κ3) is 4.53. The average Bonchev–Trinajstić information content (AvgIpc) is 2.39. The van der Waals surface area contributed by atoms with Gasteiger partial charge in [-0.3, -0.25) is 10.1 Å². The van der Waals surface area contributed by atoms with Crippen LogP contribution in [0.4, 0.5) is 16.2 Å². The summed E-state index contributed by atoms with van der Waals surface area (Å²) in [6, 6.07) is 5.23. The van der Waals surface area contributed by atoms with Gasteiger partial charge in [0.1, 0.15) is 0 Å². The second kappa shape index (κ2) is 7.29. The number of amides is 2. The maximum absolute atomic E-state index is 11.9. The first-order valence-electron chi connectivity index (χ1n) is 5.91. The molecule has 0 aliphatic heterocycles. The molecule has 0 aromatic heterocycles. The van der Waals surface area contributed by atoms with Gasteiger partial charge >= 0.3 is 6.03 Å². The van der Waals surface area contributed by atoms with Crippen molar-refractivity contribution < 1.29 is 9.72 Å². The summed E-state index contributed by atoms with van der Waals surface area (Å²) in [5.41, 5.74) is 6.13. The molecule has 1 rings (SSSR count). The van der Waals surface area contributed by atoms with Crippen molar-refractivity contribution in [3.63, 3.8) is 0 Å². The molecule has 3 N–H and O–H groups in total. The molecule has 0 fully saturated rings. The van der Waals surface area contributed by atoms with Crippen LogP contribution in [-0.4, -0.2) is 29.2 Å². The number of nitro benzene ring substituents is 1. The SMILES string of the molecule is CCNN(NCC)C(=O)Nc1ccc([N+](=O)[O-])cc1. The molecule has 1 aromatic rings. The third-order valence-corrected chi connectivity index (χ3v) is 2.16. The summed E-state index contributed by atoms with van der Waals surface area (Å²) in [4.78, 5) is 21.9. The molecule has 1 aromatic carbocycles. The van der Waals surface area contributed by atoms with Gasteiger partial charge in [0, 0.05) is 30.9 Å². The number of hydrogen-bond donors (Lipinski definition) is 3. The first kappa shape index (κ1) is 14.9. The fraction of sp³-hybridized carbons (Fsp3) is 0.364. The van der Waals surface area contributed by atoms with Crippen LogP contribution in [0.2, 0.25) is 0 Å². The van der Waals surface area contributed by atoms with Crippen molar-refractivity contribution in [1.29, 1.82) is 0 Å². The average molecular weight is 267 g/mol. The summed E-state index contributed by atoms with van der Waals surface area (Å²) in [5.74, 6) is 0. The zero-order valence-corrected chi connectivity index (χ0v) is 10.8. The lowest BCUT2D eigenvalue weighted by molar-refractivity contribution is -0.384. The Morgan fingerprint density at radius 1 is 1.21 bits per heavy atom. The molecule has 104 valence electrons. The number of hydrogen-bond acceptors (Lipinski definition) is 5. The molecule has 0 saturated heterocycles. The van der Waals surface area contributed by atoms with Crippen molar-refractivity contribution in [3.05, 3.63) is 34.4 Å².